The molecule has 0 heterocycles. The summed E-state index contributed by atoms with van der Waals surface area (Å²) in [6.07, 6.45) is 13.0. The van der Waals surface area contributed by atoms with Crippen molar-refractivity contribution < 1.29 is 9.57 Å². The maximum atomic E-state index is 5.99. The van der Waals surface area contributed by atoms with Crippen LogP contribution in [0.3, 0.4) is 0 Å². The van der Waals surface area contributed by atoms with Crippen molar-refractivity contribution in [2.75, 3.05) is 6.61 Å². The third-order valence-corrected chi connectivity index (χ3v) is 4.49. The summed E-state index contributed by atoms with van der Waals surface area (Å²) < 4.78 is 5.99. The van der Waals surface area contributed by atoms with Gasteiger partial charge in [0.15, 0.2) is 0 Å². The first kappa shape index (κ1) is 21.3. The molecule has 0 amide bonds. The third kappa shape index (κ3) is 7.78. The van der Waals surface area contributed by atoms with E-state index in [1.54, 1.807) is 6.08 Å². The molecule has 25 heavy (non-hydrogen) atoms. The van der Waals surface area contributed by atoms with Crippen LogP contribution in [0.5, 0.6) is 0 Å². The van der Waals surface area contributed by atoms with Gasteiger partial charge in [0.25, 0.3) is 0 Å². The van der Waals surface area contributed by atoms with Gasteiger partial charge in [-0.05, 0) is 68.9 Å². The normalized spacial score (nSPS) is 17.8. The molecule has 0 aromatic rings. The van der Waals surface area contributed by atoms with Crippen molar-refractivity contribution in [1.29, 1.82) is 0 Å². The van der Waals surface area contributed by atoms with Gasteiger partial charge in [0, 0.05) is 6.04 Å². The number of hydroxylamine groups is 1. The molecule has 140 valence electrons. The Balaban J connectivity index is 2.65. The Bertz CT molecular complexity index is 534. The number of rotatable bonds is 10. The molecule has 0 aromatic heterocycles. The Hall–Kier alpha value is -1.74. The van der Waals surface area contributed by atoms with E-state index in [9.17, 15) is 0 Å². The van der Waals surface area contributed by atoms with E-state index in [1.165, 1.54) is 37.7 Å². The molecule has 0 bridgehead atoms. The lowest BCUT2D eigenvalue weighted by Gasteiger charge is -2.23. The highest BCUT2D eigenvalue weighted by molar-refractivity contribution is 5.31. The summed E-state index contributed by atoms with van der Waals surface area (Å²) in [5, 5.41) is 0. The minimum absolute atomic E-state index is 0.464. The first-order chi connectivity index (χ1) is 12.0. The second kappa shape index (κ2) is 11.8. The molecule has 1 aliphatic carbocycles. The summed E-state index contributed by atoms with van der Waals surface area (Å²) in [7, 11) is 0. The molecule has 0 atom stereocenters. The van der Waals surface area contributed by atoms with E-state index >= 15 is 0 Å². The minimum atomic E-state index is 0.464. The van der Waals surface area contributed by atoms with Gasteiger partial charge in [-0.25, -0.2) is 0 Å². The summed E-state index contributed by atoms with van der Waals surface area (Å²) in [6.45, 7) is 16.4. The van der Waals surface area contributed by atoms with Gasteiger partial charge in [0.05, 0.1) is 0 Å². The molecule has 1 aliphatic rings. The topological polar surface area (TPSA) is 30.5 Å². The van der Waals surface area contributed by atoms with Crippen LogP contribution in [0, 0.1) is 0 Å². The van der Waals surface area contributed by atoms with Crippen LogP contribution in [0.15, 0.2) is 59.6 Å². The molecule has 1 fully saturated rings. The molecule has 0 aromatic carbocycles. The predicted molar refractivity (Wildman–Crippen MR) is 107 cm³/mol. The van der Waals surface area contributed by atoms with Crippen LogP contribution in [0.2, 0.25) is 0 Å². The fourth-order valence-electron chi connectivity index (χ4n) is 2.82. The molecular formula is C22H35NO2. The summed E-state index contributed by atoms with van der Waals surface area (Å²) in [6, 6.07) is 0.464. The number of hydrogen-bond acceptors (Lipinski definition) is 3. The van der Waals surface area contributed by atoms with Crippen LogP contribution in [-0.4, -0.2) is 12.6 Å². The van der Waals surface area contributed by atoms with E-state index in [1.807, 2.05) is 26.8 Å². The van der Waals surface area contributed by atoms with Crippen molar-refractivity contribution >= 4 is 0 Å². The van der Waals surface area contributed by atoms with E-state index in [-0.39, 0.29) is 0 Å². The monoisotopic (exact) mass is 345 g/mol. The second-order valence-electron chi connectivity index (χ2n) is 6.69. The van der Waals surface area contributed by atoms with Gasteiger partial charge < -0.3 is 9.57 Å². The van der Waals surface area contributed by atoms with E-state index in [4.69, 9.17) is 9.57 Å². The van der Waals surface area contributed by atoms with Gasteiger partial charge in [-0.3, -0.25) is 0 Å². The molecule has 0 radical (unpaired) electrons. The molecular weight excluding hydrogens is 310 g/mol. The predicted octanol–water partition coefficient (Wildman–Crippen LogP) is 6.13. The maximum Gasteiger partial charge on any atom is 0.142 e. The fraction of sp³-hybridized carbons (Fsp3) is 0.545. The lowest BCUT2D eigenvalue weighted by atomic mass is 9.96. The zero-order valence-electron chi connectivity index (χ0n) is 16.5. The number of hydrogen-bond donors (Lipinski definition) is 1. The molecule has 3 nitrogen and oxygen atoms in total. The first-order valence-electron chi connectivity index (χ1n) is 9.41. The Morgan fingerprint density at radius 1 is 1.20 bits per heavy atom. The summed E-state index contributed by atoms with van der Waals surface area (Å²) in [4.78, 5) is 5.82. The molecule has 0 aliphatic heterocycles. The van der Waals surface area contributed by atoms with Crippen LogP contribution in [0.4, 0.5) is 0 Å². The van der Waals surface area contributed by atoms with Gasteiger partial charge in [-0.1, -0.05) is 45.4 Å². The SMILES string of the molecule is C=C/C(C)=C(/OC/C(=C/C(=C\C)ONC1CCCCC1)CC)C(=C)C. The van der Waals surface area contributed by atoms with Crippen LogP contribution in [0.1, 0.15) is 66.2 Å². The number of ether oxygens (including phenoxy) is 1. The Kier molecular flexibility index (Phi) is 10.0. The standard InChI is InChI=1S/C22H35NO2/c1-7-18(6)22(17(4)5)24-16-19(8-2)15-21(9-3)25-23-20-13-11-10-12-14-20/h7,9,15,20,23H,1,4,8,10-14,16H2,2-3,5-6H3/b19-15+,21-9+,22-18+. The van der Waals surface area contributed by atoms with E-state index in [0.29, 0.717) is 12.6 Å². The largest absolute Gasteiger partial charge is 0.489 e. The quantitative estimate of drug-likeness (QED) is 0.293. The highest BCUT2D eigenvalue weighted by atomic mass is 16.6. The molecule has 1 saturated carbocycles. The molecule has 1 N–H and O–H groups in total. The van der Waals surface area contributed by atoms with Gasteiger partial charge in [0.1, 0.15) is 18.1 Å². The first-order valence-corrected chi connectivity index (χ1v) is 9.41. The zero-order valence-corrected chi connectivity index (χ0v) is 16.5. The smallest absolute Gasteiger partial charge is 0.142 e. The lowest BCUT2D eigenvalue weighted by molar-refractivity contribution is 0.0674. The average Bonchev–Trinajstić information content (AvgIpc) is 2.63. The number of nitrogens with one attached hydrogen (secondary N) is 1. The van der Waals surface area contributed by atoms with Crippen LogP contribution < -0.4 is 5.48 Å². The van der Waals surface area contributed by atoms with Crippen molar-refractivity contribution in [3.8, 4) is 0 Å². The molecule has 0 spiro atoms. The Morgan fingerprint density at radius 3 is 2.40 bits per heavy atom. The minimum Gasteiger partial charge on any atom is -0.489 e. The zero-order chi connectivity index (χ0) is 18.7. The summed E-state index contributed by atoms with van der Waals surface area (Å²) >= 11 is 0. The molecule has 0 saturated heterocycles. The highest BCUT2D eigenvalue weighted by Gasteiger charge is 2.13. The van der Waals surface area contributed by atoms with E-state index in [0.717, 1.165) is 29.1 Å². The van der Waals surface area contributed by atoms with Crippen LogP contribution in [-0.2, 0) is 9.57 Å². The maximum absolute atomic E-state index is 5.99. The fourth-order valence-corrected chi connectivity index (χ4v) is 2.82. The van der Waals surface area contributed by atoms with Gasteiger partial charge >= 0.3 is 0 Å². The molecule has 0 unspecified atom stereocenters. The van der Waals surface area contributed by atoms with Crippen LogP contribution >= 0.6 is 0 Å². The lowest BCUT2D eigenvalue weighted by Crippen LogP contribution is -2.30. The second-order valence-corrected chi connectivity index (χ2v) is 6.69. The molecule has 1 rings (SSSR count). The van der Waals surface area contributed by atoms with Crippen molar-refractivity contribution in [2.45, 2.75) is 72.3 Å². The van der Waals surface area contributed by atoms with Gasteiger partial charge in [-0.2, -0.15) is 5.48 Å². The van der Waals surface area contributed by atoms with Gasteiger partial charge in [-0.15, -0.1) is 0 Å². The van der Waals surface area contributed by atoms with Crippen molar-refractivity contribution in [2.24, 2.45) is 0 Å². The van der Waals surface area contributed by atoms with Crippen molar-refractivity contribution in [1.82, 2.24) is 5.48 Å². The van der Waals surface area contributed by atoms with E-state index in [2.05, 4.69) is 31.6 Å². The van der Waals surface area contributed by atoms with Crippen LogP contribution in [0.25, 0.3) is 0 Å². The average molecular weight is 346 g/mol. The Labute approximate surface area is 154 Å². The van der Waals surface area contributed by atoms with Crippen molar-refractivity contribution in [3.05, 3.63) is 59.6 Å². The van der Waals surface area contributed by atoms with Gasteiger partial charge in [0.2, 0.25) is 0 Å². The van der Waals surface area contributed by atoms with Crippen molar-refractivity contribution in [3.63, 3.8) is 0 Å². The summed E-state index contributed by atoms with van der Waals surface area (Å²) in [5.74, 6) is 1.66. The Morgan fingerprint density at radius 2 is 1.88 bits per heavy atom. The third-order valence-electron chi connectivity index (χ3n) is 4.49. The van der Waals surface area contributed by atoms with E-state index < -0.39 is 0 Å². The molecule has 3 heteroatoms. The highest BCUT2D eigenvalue weighted by Crippen LogP contribution is 2.19. The number of allylic oxidation sites excluding steroid dienone is 5. The summed E-state index contributed by atoms with van der Waals surface area (Å²) in [5.41, 5.74) is 6.31.